The average molecular weight is 248 g/mol. The molecule has 1 N–H and O–H groups in total. The van der Waals surface area contributed by atoms with E-state index in [0.29, 0.717) is 5.69 Å². The van der Waals surface area contributed by atoms with Gasteiger partial charge in [0.15, 0.2) is 0 Å². The molecule has 0 spiro atoms. The maximum Gasteiger partial charge on any atom is 0.274 e. The van der Waals surface area contributed by atoms with Crippen molar-refractivity contribution in [1.29, 1.82) is 0 Å². The highest BCUT2D eigenvalue weighted by Crippen LogP contribution is 2.08. The molecule has 0 unspecified atom stereocenters. The quantitative estimate of drug-likeness (QED) is 0.757. The average Bonchev–Trinajstić information content (AvgIpc) is 2.46. The minimum Gasteiger partial charge on any atom is -0.319 e. The number of fused-ring (bicyclic) bond motifs is 1. The van der Waals surface area contributed by atoms with Gasteiger partial charge >= 0.3 is 0 Å². The van der Waals surface area contributed by atoms with Gasteiger partial charge in [0.1, 0.15) is 5.69 Å². The lowest BCUT2D eigenvalue weighted by atomic mass is 10.2. The zero-order valence-corrected chi connectivity index (χ0v) is 10.2. The van der Waals surface area contributed by atoms with Crippen molar-refractivity contribution < 1.29 is 0 Å². The third kappa shape index (κ3) is 2.45. The summed E-state index contributed by atoms with van der Waals surface area (Å²) in [7, 11) is 0. The van der Waals surface area contributed by atoms with Crippen molar-refractivity contribution in [2.45, 2.75) is 0 Å². The number of hydrogen-bond donors (Lipinski definition) is 1. The van der Waals surface area contributed by atoms with Gasteiger partial charge in [0, 0.05) is 0 Å². The lowest BCUT2D eigenvalue weighted by molar-refractivity contribution is 1.19. The second-order valence-electron chi connectivity index (χ2n) is 4.21. The van der Waals surface area contributed by atoms with Crippen LogP contribution in [0.5, 0.6) is 0 Å². The van der Waals surface area contributed by atoms with Gasteiger partial charge in [-0.2, -0.15) is 0 Å². The molecule has 92 valence electrons. The van der Waals surface area contributed by atoms with Crippen LogP contribution in [-0.4, -0.2) is 9.97 Å². The van der Waals surface area contributed by atoms with Crippen LogP contribution in [0.4, 0.5) is 0 Å². The Hall–Kier alpha value is -2.68. The van der Waals surface area contributed by atoms with Crippen LogP contribution >= 0.6 is 0 Å². The maximum atomic E-state index is 11.9. The van der Waals surface area contributed by atoms with Crippen LogP contribution in [0.25, 0.3) is 23.2 Å². The summed E-state index contributed by atoms with van der Waals surface area (Å²) in [6.07, 6.45) is 3.62. The third-order valence-electron chi connectivity index (χ3n) is 2.86. The molecule has 2 aromatic carbocycles. The van der Waals surface area contributed by atoms with Crippen molar-refractivity contribution in [2.75, 3.05) is 0 Å². The highest BCUT2D eigenvalue weighted by molar-refractivity contribution is 5.76. The molecule has 3 rings (SSSR count). The summed E-state index contributed by atoms with van der Waals surface area (Å²) < 4.78 is 0. The zero-order chi connectivity index (χ0) is 13.1. The third-order valence-corrected chi connectivity index (χ3v) is 2.86. The van der Waals surface area contributed by atoms with Crippen molar-refractivity contribution in [1.82, 2.24) is 9.97 Å². The molecule has 0 atom stereocenters. The van der Waals surface area contributed by atoms with Crippen molar-refractivity contribution in [3.8, 4) is 0 Å². The van der Waals surface area contributed by atoms with E-state index >= 15 is 0 Å². The van der Waals surface area contributed by atoms with E-state index in [9.17, 15) is 4.79 Å². The Bertz CT molecular complexity index is 788. The highest BCUT2D eigenvalue weighted by Gasteiger charge is 2.00. The van der Waals surface area contributed by atoms with Crippen LogP contribution < -0.4 is 5.56 Å². The first kappa shape index (κ1) is 11.4. The van der Waals surface area contributed by atoms with Crippen molar-refractivity contribution >= 4 is 23.2 Å². The van der Waals surface area contributed by atoms with Crippen molar-refractivity contribution in [2.24, 2.45) is 0 Å². The van der Waals surface area contributed by atoms with Gasteiger partial charge in [0.2, 0.25) is 0 Å². The number of aromatic amines is 1. The summed E-state index contributed by atoms with van der Waals surface area (Å²) in [6.45, 7) is 0. The fourth-order valence-electron chi connectivity index (χ4n) is 1.90. The van der Waals surface area contributed by atoms with E-state index in [1.165, 1.54) is 0 Å². The lowest BCUT2D eigenvalue weighted by Gasteiger charge is -1.98. The summed E-state index contributed by atoms with van der Waals surface area (Å²) in [4.78, 5) is 19.1. The molecule has 0 aliphatic carbocycles. The molecule has 3 nitrogen and oxygen atoms in total. The molecule has 0 saturated heterocycles. The fourth-order valence-corrected chi connectivity index (χ4v) is 1.90. The minimum atomic E-state index is -0.175. The van der Waals surface area contributed by atoms with E-state index in [2.05, 4.69) is 9.97 Å². The molecular formula is C16H12N2O. The Labute approximate surface area is 110 Å². The van der Waals surface area contributed by atoms with Crippen molar-refractivity contribution in [3.05, 3.63) is 76.2 Å². The van der Waals surface area contributed by atoms with Gasteiger partial charge in [-0.1, -0.05) is 48.5 Å². The predicted molar refractivity (Wildman–Crippen MR) is 77.7 cm³/mol. The molecular weight excluding hydrogens is 236 g/mol. The van der Waals surface area contributed by atoms with Gasteiger partial charge in [-0.3, -0.25) is 4.79 Å². The number of benzene rings is 2. The highest BCUT2D eigenvalue weighted by atomic mass is 16.1. The van der Waals surface area contributed by atoms with E-state index in [1.807, 2.05) is 60.7 Å². The van der Waals surface area contributed by atoms with E-state index in [1.54, 1.807) is 6.08 Å². The van der Waals surface area contributed by atoms with E-state index in [0.717, 1.165) is 16.6 Å². The molecule has 0 amide bonds. The Morgan fingerprint density at radius 2 is 1.63 bits per heavy atom. The van der Waals surface area contributed by atoms with E-state index in [-0.39, 0.29) is 5.56 Å². The number of nitrogens with one attached hydrogen (secondary N) is 1. The van der Waals surface area contributed by atoms with Gasteiger partial charge in [-0.25, -0.2) is 4.98 Å². The second-order valence-corrected chi connectivity index (χ2v) is 4.21. The molecule has 0 saturated carbocycles. The van der Waals surface area contributed by atoms with Crippen LogP contribution in [0.2, 0.25) is 0 Å². The van der Waals surface area contributed by atoms with Gasteiger partial charge < -0.3 is 4.98 Å². The zero-order valence-electron chi connectivity index (χ0n) is 10.2. The molecule has 1 aromatic heterocycles. The SMILES string of the molecule is O=c1[nH]c2ccccc2nc1C=Cc1ccccc1. The fraction of sp³-hybridized carbons (Fsp3) is 0. The van der Waals surface area contributed by atoms with E-state index < -0.39 is 0 Å². The number of nitrogens with zero attached hydrogens (tertiary/aromatic N) is 1. The standard InChI is InChI=1S/C16H12N2O/c19-16-15(11-10-12-6-2-1-3-7-12)17-13-8-4-5-9-14(13)18-16/h1-11H,(H,18,19). The first-order valence-corrected chi connectivity index (χ1v) is 6.05. The summed E-state index contributed by atoms with van der Waals surface area (Å²) in [5.41, 5.74) is 2.82. The predicted octanol–water partition coefficient (Wildman–Crippen LogP) is 3.09. The number of aromatic nitrogens is 2. The van der Waals surface area contributed by atoms with Crippen LogP contribution in [0.15, 0.2) is 59.4 Å². The summed E-state index contributed by atoms with van der Waals surface area (Å²) in [5.74, 6) is 0. The number of para-hydroxylation sites is 2. The van der Waals surface area contributed by atoms with Crippen LogP contribution in [0.3, 0.4) is 0 Å². The number of hydrogen-bond acceptors (Lipinski definition) is 2. The Morgan fingerprint density at radius 1 is 0.895 bits per heavy atom. The molecule has 3 heteroatoms. The Morgan fingerprint density at radius 3 is 2.47 bits per heavy atom. The molecule has 1 heterocycles. The van der Waals surface area contributed by atoms with Gasteiger partial charge in [-0.15, -0.1) is 0 Å². The van der Waals surface area contributed by atoms with Gasteiger partial charge in [0.25, 0.3) is 5.56 Å². The van der Waals surface area contributed by atoms with Gasteiger partial charge in [-0.05, 0) is 23.8 Å². The minimum absolute atomic E-state index is 0.175. The normalized spacial score (nSPS) is 11.2. The first-order valence-electron chi connectivity index (χ1n) is 6.05. The monoisotopic (exact) mass is 248 g/mol. The maximum absolute atomic E-state index is 11.9. The van der Waals surface area contributed by atoms with Crippen molar-refractivity contribution in [3.63, 3.8) is 0 Å². The first-order chi connectivity index (χ1) is 9.33. The number of rotatable bonds is 2. The van der Waals surface area contributed by atoms with Crippen LogP contribution in [0.1, 0.15) is 11.3 Å². The smallest absolute Gasteiger partial charge is 0.274 e. The summed E-state index contributed by atoms with van der Waals surface area (Å²) >= 11 is 0. The molecule has 0 aliphatic heterocycles. The number of H-pyrrole nitrogens is 1. The molecule has 0 radical (unpaired) electrons. The Kier molecular flexibility index (Phi) is 2.94. The lowest BCUT2D eigenvalue weighted by Crippen LogP contribution is -2.11. The summed E-state index contributed by atoms with van der Waals surface area (Å²) in [6, 6.07) is 17.3. The molecule has 19 heavy (non-hydrogen) atoms. The molecule has 0 fully saturated rings. The summed E-state index contributed by atoms with van der Waals surface area (Å²) in [5, 5.41) is 0. The largest absolute Gasteiger partial charge is 0.319 e. The van der Waals surface area contributed by atoms with E-state index in [4.69, 9.17) is 0 Å². The molecule has 3 aromatic rings. The molecule has 0 aliphatic rings. The molecule has 0 bridgehead atoms. The van der Waals surface area contributed by atoms with Crippen LogP contribution in [-0.2, 0) is 0 Å². The van der Waals surface area contributed by atoms with Crippen LogP contribution in [0, 0.1) is 0 Å². The Balaban J connectivity index is 2.04. The van der Waals surface area contributed by atoms with Gasteiger partial charge in [0.05, 0.1) is 11.0 Å². The topological polar surface area (TPSA) is 45.8 Å². The second kappa shape index (κ2) is 4.90.